The molecule has 0 aromatic heterocycles. The van der Waals surface area contributed by atoms with Gasteiger partial charge in [-0.3, -0.25) is 25.8 Å². The van der Waals surface area contributed by atoms with Crippen LogP contribution < -0.4 is 25.6 Å². The third-order valence-corrected chi connectivity index (χ3v) is 6.71. The quantitative estimate of drug-likeness (QED) is 0.237. The zero-order valence-electron chi connectivity index (χ0n) is 17.9. The lowest BCUT2D eigenvalue weighted by Crippen LogP contribution is -2.50. The Morgan fingerprint density at radius 1 is 0.882 bits per heavy atom. The van der Waals surface area contributed by atoms with Crippen molar-refractivity contribution in [3.8, 4) is 11.5 Å². The molecule has 0 radical (unpaired) electrons. The molecule has 3 aromatic carbocycles. The molecule has 3 aromatic rings. The minimum Gasteiger partial charge on any atom is -0.483 e. The maximum atomic E-state index is 12.2. The molecule has 0 atom stereocenters. The Labute approximate surface area is 227 Å². The molecule has 2 amide bonds. The number of thiocarbonyl (C=S) groups is 1. The van der Waals surface area contributed by atoms with Crippen molar-refractivity contribution in [1.29, 1.82) is 0 Å². The van der Waals surface area contributed by atoms with Gasteiger partial charge in [0.25, 0.3) is 11.8 Å². The van der Waals surface area contributed by atoms with Crippen LogP contribution in [0.5, 0.6) is 11.5 Å². The molecule has 0 aliphatic carbocycles. The van der Waals surface area contributed by atoms with Crippen LogP contribution in [-0.2, 0) is 16.0 Å². The Bertz CT molecular complexity index is 1240. The van der Waals surface area contributed by atoms with Crippen LogP contribution in [0.25, 0.3) is 10.8 Å². The summed E-state index contributed by atoms with van der Waals surface area (Å²) < 4.78 is 13.6. The number of nitrogens with one attached hydrogen (secondary N) is 3. The smallest absolute Gasteiger partial charge is 0.276 e. The summed E-state index contributed by atoms with van der Waals surface area (Å²) >= 11 is 15.4. The Morgan fingerprint density at radius 2 is 1.59 bits per heavy atom. The SMILES string of the molecule is CCc1ccc(OCC(=O)NNC(=S)NC(=O)COc2ccc3cc(Br)ccc3c2Br)c(Br)c1. The molecule has 0 aliphatic rings. The molecule has 0 fully saturated rings. The van der Waals surface area contributed by atoms with E-state index in [0.717, 1.165) is 36.2 Å². The van der Waals surface area contributed by atoms with E-state index in [0.29, 0.717) is 11.5 Å². The number of hydrogen-bond donors (Lipinski definition) is 3. The fraction of sp³-hybridized carbons (Fsp3) is 0.174. The van der Waals surface area contributed by atoms with Crippen LogP contribution in [0.1, 0.15) is 12.5 Å². The van der Waals surface area contributed by atoms with E-state index in [2.05, 4.69) is 70.9 Å². The largest absolute Gasteiger partial charge is 0.483 e. The number of fused-ring (bicyclic) bond motifs is 1. The Hall–Kier alpha value is -2.21. The second kappa shape index (κ2) is 12.5. The maximum absolute atomic E-state index is 12.2. The van der Waals surface area contributed by atoms with Crippen molar-refractivity contribution < 1.29 is 19.1 Å². The van der Waals surface area contributed by atoms with E-state index >= 15 is 0 Å². The van der Waals surface area contributed by atoms with Gasteiger partial charge in [0.2, 0.25) is 0 Å². The van der Waals surface area contributed by atoms with Crippen molar-refractivity contribution in [2.75, 3.05) is 13.2 Å². The molecule has 0 bridgehead atoms. The number of hydrogen-bond acceptors (Lipinski definition) is 5. The molecule has 0 unspecified atom stereocenters. The summed E-state index contributed by atoms with van der Waals surface area (Å²) in [4.78, 5) is 24.2. The fourth-order valence-corrected chi connectivity index (χ4v) is 4.57. The number of hydrazine groups is 1. The highest BCUT2D eigenvalue weighted by atomic mass is 79.9. The van der Waals surface area contributed by atoms with E-state index < -0.39 is 11.8 Å². The molecular formula is C23H20Br3N3O4S. The van der Waals surface area contributed by atoms with Gasteiger partial charge in [-0.2, -0.15) is 0 Å². The van der Waals surface area contributed by atoms with E-state index in [9.17, 15) is 9.59 Å². The average Bonchev–Trinajstić information content (AvgIpc) is 2.81. The Kier molecular flexibility index (Phi) is 9.69. The highest BCUT2D eigenvalue weighted by molar-refractivity contribution is 9.11. The summed E-state index contributed by atoms with van der Waals surface area (Å²) in [5.74, 6) is 0.122. The fourth-order valence-electron chi connectivity index (χ4n) is 2.88. The zero-order valence-corrected chi connectivity index (χ0v) is 23.5. The normalized spacial score (nSPS) is 10.5. The van der Waals surface area contributed by atoms with Gasteiger partial charge in [-0.1, -0.05) is 41.1 Å². The Morgan fingerprint density at radius 3 is 2.32 bits per heavy atom. The summed E-state index contributed by atoms with van der Waals surface area (Å²) in [5.41, 5.74) is 5.98. The molecule has 3 N–H and O–H groups in total. The van der Waals surface area contributed by atoms with Gasteiger partial charge in [0, 0.05) is 4.47 Å². The molecule has 11 heteroatoms. The third-order valence-electron chi connectivity index (χ3n) is 4.57. The predicted octanol–water partition coefficient (Wildman–Crippen LogP) is 5.17. The van der Waals surface area contributed by atoms with Crippen molar-refractivity contribution >= 4 is 87.7 Å². The summed E-state index contributed by atoms with van der Waals surface area (Å²) in [7, 11) is 0. The molecule has 0 saturated carbocycles. The first kappa shape index (κ1) is 26.4. The van der Waals surface area contributed by atoms with Gasteiger partial charge >= 0.3 is 0 Å². The first-order valence-corrected chi connectivity index (χ1v) is 12.9. The van der Waals surface area contributed by atoms with Crippen molar-refractivity contribution in [3.63, 3.8) is 0 Å². The van der Waals surface area contributed by atoms with Gasteiger partial charge in [-0.05, 0) is 97.2 Å². The molecule has 0 spiro atoms. The number of halogens is 3. The molecule has 0 heterocycles. The first-order valence-electron chi connectivity index (χ1n) is 10.1. The van der Waals surface area contributed by atoms with Gasteiger partial charge in [-0.25, -0.2) is 0 Å². The number of carbonyl (C=O) groups is 2. The molecular weight excluding hydrogens is 654 g/mol. The lowest BCUT2D eigenvalue weighted by Gasteiger charge is -2.13. The molecule has 3 rings (SSSR count). The van der Waals surface area contributed by atoms with Crippen LogP contribution in [0, 0.1) is 0 Å². The molecule has 7 nitrogen and oxygen atoms in total. The third kappa shape index (κ3) is 7.39. The number of carbonyl (C=O) groups excluding carboxylic acids is 2. The summed E-state index contributed by atoms with van der Waals surface area (Å²) in [6.45, 7) is 1.56. The van der Waals surface area contributed by atoms with Crippen molar-refractivity contribution in [1.82, 2.24) is 16.2 Å². The van der Waals surface area contributed by atoms with Crippen LogP contribution >= 0.6 is 60.0 Å². The summed E-state index contributed by atoms with van der Waals surface area (Å²) in [6.07, 6.45) is 0.898. The molecule has 34 heavy (non-hydrogen) atoms. The van der Waals surface area contributed by atoms with Gasteiger partial charge in [0.1, 0.15) is 11.5 Å². The summed E-state index contributed by atoms with van der Waals surface area (Å²) in [6, 6.07) is 15.2. The second-order valence-corrected chi connectivity index (χ2v) is 9.96. The van der Waals surface area contributed by atoms with E-state index in [1.807, 2.05) is 36.4 Å². The number of amides is 2. The number of ether oxygens (including phenoxy) is 2. The van der Waals surface area contributed by atoms with Gasteiger partial charge in [-0.15, -0.1) is 0 Å². The van der Waals surface area contributed by atoms with Crippen molar-refractivity contribution in [2.24, 2.45) is 0 Å². The minimum atomic E-state index is -0.481. The lowest BCUT2D eigenvalue weighted by atomic mass is 10.1. The van der Waals surface area contributed by atoms with Gasteiger partial charge in [0.15, 0.2) is 18.3 Å². The monoisotopic (exact) mass is 671 g/mol. The van der Waals surface area contributed by atoms with Crippen LogP contribution in [0.4, 0.5) is 0 Å². The minimum absolute atomic E-state index is 0.0714. The van der Waals surface area contributed by atoms with E-state index in [1.165, 1.54) is 0 Å². The van der Waals surface area contributed by atoms with Crippen LogP contribution in [0.3, 0.4) is 0 Å². The second-order valence-electron chi connectivity index (χ2n) is 6.99. The molecule has 178 valence electrons. The average molecular weight is 674 g/mol. The van der Waals surface area contributed by atoms with E-state index in [-0.39, 0.29) is 18.3 Å². The zero-order chi connectivity index (χ0) is 24.7. The van der Waals surface area contributed by atoms with Gasteiger partial charge in [0.05, 0.1) is 8.95 Å². The highest BCUT2D eigenvalue weighted by Crippen LogP contribution is 2.34. The Balaban J connectivity index is 1.41. The van der Waals surface area contributed by atoms with Crippen LogP contribution in [0.15, 0.2) is 61.9 Å². The van der Waals surface area contributed by atoms with E-state index in [1.54, 1.807) is 12.1 Å². The highest BCUT2D eigenvalue weighted by Gasteiger charge is 2.11. The number of benzene rings is 3. The van der Waals surface area contributed by atoms with Crippen LogP contribution in [0.2, 0.25) is 0 Å². The lowest BCUT2D eigenvalue weighted by molar-refractivity contribution is -0.124. The molecule has 0 aliphatic heterocycles. The maximum Gasteiger partial charge on any atom is 0.276 e. The summed E-state index contributed by atoms with van der Waals surface area (Å²) in [5, 5.41) is 4.34. The standard InChI is InChI=1S/C23H20Br3N3O4S/c1-2-13-3-7-18(17(25)9-13)32-12-21(31)28-29-23(34)27-20(30)11-33-19-8-4-14-10-15(24)5-6-16(14)22(19)26/h3-10H,2,11-12H2,1H3,(H,28,31)(H2,27,29,30,34). The van der Waals surface area contributed by atoms with E-state index in [4.69, 9.17) is 21.7 Å². The predicted molar refractivity (Wildman–Crippen MR) is 146 cm³/mol. The van der Waals surface area contributed by atoms with Crippen LogP contribution in [-0.4, -0.2) is 30.1 Å². The number of aryl methyl sites for hydroxylation is 1. The van der Waals surface area contributed by atoms with Crippen molar-refractivity contribution in [2.45, 2.75) is 13.3 Å². The first-order chi connectivity index (χ1) is 16.3. The molecule has 0 saturated heterocycles. The topological polar surface area (TPSA) is 88.7 Å². The van der Waals surface area contributed by atoms with Crippen molar-refractivity contribution in [3.05, 3.63) is 67.5 Å². The number of rotatable bonds is 7. The van der Waals surface area contributed by atoms with Gasteiger partial charge < -0.3 is 9.47 Å².